The van der Waals surface area contributed by atoms with Crippen LogP contribution in [0.15, 0.2) is 29.8 Å². The number of hydrogen-bond donors (Lipinski definition) is 2. The first-order valence-electron chi connectivity index (χ1n) is 4.82. The SMILES string of the molecule is NC(=O)c1cc(Oc2csc(C(=O)O)c2)ccn1. The summed E-state index contributed by atoms with van der Waals surface area (Å²) in [4.78, 5) is 25.6. The van der Waals surface area contributed by atoms with Gasteiger partial charge in [0.2, 0.25) is 0 Å². The van der Waals surface area contributed by atoms with Gasteiger partial charge in [0, 0.05) is 23.7 Å². The number of ether oxygens (including phenoxy) is 1. The summed E-state index contributed by atoms with van der Waals surface area (Å²) in [5.41, 5.74) is 5.17. The number of amides is 1. The van der Waals surface area contributed by atoms with E-state index in [0.29, 0.717) is 11.5 Å². The summed E-state index contributed by atoms with van der Waals surface area (Å²) in [6, 6.07) is 4.34. The van der Waals surface area contributed by atoms with Crippen LogP contribution in [0.3, 0.4) is 0 Å². The highest BCUT2D eigenvalue weighted by molar-refractivity contribution is 7.12. The Morgan fingerprint density at radius 2 is 2.11 bits per heavy atom. The lowest BCUT2D eigenvalue weighted by Gasteiger charge is -2.03. The molecule has 92 valence electrons. The lowest BCUT2D eigenvalue weighted by molar-refractivity contribution is 0.0701. The Bertz CT molecular complexity index is 609. The van der Waals surface area contributed by atoms with Crippen molar-refractivity contribution in [1.82, 2.24) is 4.98 Å². The second kappa shape index (κ2) is 4.84. The summed E-state index contributed by atoms with van der Waals surface area (Å²) in [6.07, 6.45) is 1.39. The van der Waals surface area contributed by atoms with Crippen LogP contribution >= 0.6 is 11.3 Å². The van der Waals surface area contributed by atoms with Gasteiger partial charge in [0.25, 0.3) is 5.91 Å². The number of rotatable bonds is 4. The Morgan fingerprint density at radius 1 is 1.33 bits per heavy atom. The molecule has 1 amide bonds. The fraction of sp³-hybridized carbons (Fsp3) is 0. The van der Waals surface area contributed by atoms with Crippen molar-refractivity contribution >= 4 is 23.2 Å². The van der Waals surface area contributed by atoms with Crippen LogP contribution in [-0.4, -0.2) is 22.0 Å². The number of aromatic carboxylic acids is 1. The van der Waals surface area contributed by atoms with Crippen LogP contribution < -0.4 is 10.5 Å². The second-order valence-electron chi connectivity index (χ2n) is 3.29. The molecule has 18 heavy (non-hydrogen) atoms. The standard InChI is InChI=1S/C11H8N2O4S/c12-10(14)8-3-6(1-2-13-8)17-7-4-9(11(15)16)18-5-7/h1-5H,(H2,12,14)(H,15,16). The number of carbonyl (C=O) groups excluding carboxylic acids is 1. The van der Waals surface area contributed by atoms with Gasteiger partial charge < -0.3 is 15.6 Å². The van der Waals surface area contributed by atoms with Gasteiger partial charge in [0.15, 0.2) is 0 Å². The molecule has 2 rings (SSSR count). The first-order valence-corrected chi connectivity index (χ1v) is 5.70. The third-order valence-electron chi connectivity index (χ3n) is 2.01. The molecule has 0 radical (unpaired) electrons. The number of carbonyl (C=O) groups is 2. The number of nitrogens with two attached hydrogens (primary N) is 1. The van der Waals surface area contributed by atoms with Gasteiger partial charge >= 0.3 is 5.97 Å². The van der Waals surface area contributed by atoms with Crippen molar-refractivity contribution in [2.45, 2.75) is 0 Å². The average Bonchev–Trinajstić information content (AvgIpc) is 2.78. The molecule has 0 spiro atoms. The van der Waals surface area contributed by atoms with Crippen molar-refractivity contribution in [2.75, 3.05) is 0 Å². The molecule has 0 bridgehead atoms. The first kappa shape index (κ1) is 12.1. The van der Waals surface area contributed by atoms with Crippen LogP contribution in [0.25, 0.3) is 0 Å². The Kier molecular flexibility index (Phi) is 3.24. The number of aromatic nitrogens is 1. The molecule has 3 N–H and O–H groups in total. The van der Waals surface area contributed by atoms with Crippen LogP contribution in [0, 0.1) is 0 Å². The molecule has 2 heterocycles. The van der Waals surface area contributed by atoms with E-state index in [1.54, 1.807) is 11.4 Å². The molecular weight excluding hydrogens is 256 g/mol. The number of carboxylic acid groups (broad SMARTS) is 1. The third-order valence-corrected chi connectivity index (χ3v) is 2.90. The highest BCUT2D eigenvalue weighted by atomic mass is 32.1. The monoisotopic (exact) mass is 264 g/mol. The number of carboxylic acids is 1. The van der Waals surface area contributed by atoms with E-state index in [9.17, 15) is 9.59 Å². The summed E-state index contributed by atoms with van der Waals surface area (Å²) in [7, 11) is 0. The number of primary amides is 1. The third kappa shape index (κ3) is 2.64. The maximum atomic E-state index is 10.9. The normalized spacial score (nSPS) is 10.0. The molecule has 2 aromatic rings. The topological polar surface area (TPSA) is 103 Å². The highest BCUT2D eigenvalue weighted by Gasteiger charge is 2.09. The molecule has 7 heteroatoms. The maximum Gasteiger partial charge on any atom is 0.346 e. The average molecular weight is 264 g/mol. The van der Waals surface area contributed by atoms with Crippen molar-refractivity contribution in [3.8, 4) is 11.5 Å². The van der Waals surface area contributed by atoms with Crippen LogP contribution in [0.2, 0.25) is 0 Å². The molecular formula is C11H8N2O4S. The minimum atomic E-state index is -1.01. The van der Waals surface area contributed by atoms with E-state index in [0.717, 1.165) is 11.3 Å². The van der Waals surface area contributed by atoms with Crippen LogP contribution in [0.5, 0.6) is 11.5 Å². The maximum absolute atomic E-state index is 10.9. The predicted octanol–water partition coefficient (Wildman–Crippen LogP) is 1.73. The van der Waals surface area contributed by atoms with Crippen LogP contribution in [0.1, 0.15) is 20.2 Å². The molecule has 0 aliphatic rings. The van der Waals surface area contributed by atoms with E-state index >= 15 is 0 Å². The van der Waals surface area contributed by atoms with E-state index in [4.69, 9.17) is 15.6 Å². The minimum absolute atomic E-state index is 0.0844. The summed E-state index contributed by atoms with van der Waals surface area (Å²) in [5.74, 6) is -0.910. The smallest absolute Gasteiger partial charge is 0.346 e. The number of thiophene rings is 1. The van der Waals surface area contributed by atoms with Gasteiger partial charge in [-0.15, -0.1) is 11.3 Å². The Labute approximate surface area is 106 Å². The molecule has 0 atom stereocenters. The van der Waals surface area contributed by atoms with Gasteiger partial charge in [0.1, 0.15) is 22.1 Å². The Hall–Kier alpha value is -2.41. The lowest BCUT2D eigenvalue weighted by Crippen LogP contribution is -2.12. The number of nitrogens with zero attached hydrogens (tertiary/aromatic N) is 1. The van der Waals surface area contributed by atoms with E-state index in [1.807, 2.05) is 0 Å². The van der Waals surface area contributed by atoms with E-state index in [-0.39, 0.29) is 10.6 Å². The van der Waals surface area contributed by atoms with Crippen molar-refractivity contribution in [1.29, 1.82) is 0 Å². The fourth-order valence-corrected chi connectivity index (χ4v) is 1.87. The van der Waals surface area contributed by atoms with Gasteiger partial charge in [0.05, 0.1) is 0 Å². The molecule has 0 unspecified atom stereocenters. The summed E-state index contributed by atoms with van der Waals surface area (Å²) in [5, 5.41) is 10.3. The molecule has 6 nitrogen and oxygen atoms in total. The largest absolute Gasteiger partial charge is 0.477 e. The van der Waals surface area contributed by atoms with Gasteiger partial charge in [-0.3, -0.25) is 9.78 Å². The quantitative estimate of drug-likeness (QED) is 0.875. The molecule has 0 aliphatic carbocycles. The molecule has 0 saturated heterocycles. The summed E-state index contributed by atoms with van der Waals surface area (Å²) >= 11 is 1.06. The molecule has 0 saturated carbocycles. The highest BCUT2D eigenvalue weighted by Crippen LogP contribution is 2.26. The Balaban J connectivity index is 2.20. The van der Waals surface area contributed by atoms with Crippen molar-refractivity contribution < 1.29 is 19.4 Å². The van der Waals surface area contributed by atoms with Crippen LogP contribution in [0.4, 0.5) is 0 Å². The zero-order valence-corrected chi connectivity index (χ0v) is 9.81. The van der Waals surface area contributed by atoms with E-state index < -0.39 is 11.9 Å². The van der Waals surface area contributed by atoms with Crippen molar-refractivity contribution in [3.63, 3.8) is 0 Å². The zero-order valence-electron chi connectivity index (χ0n) is 8.99. The zero-order chi connectivity index (χ0) is 13.1. The fourth-order valence-electron chi connectivity index (χ4n) is 1.23. The molecule has 0 fully saturated rings. The van der Waals surface area contributed by atoms with Crippen molar-refractivity contribution in [3.05, 3.63) is 40.3 Å². The lowest BCUT2D eigenvalue weighted by atomic mass is 10.3. The molecule has 0 aromatic carbocycles. The van der Waals surface area contributed by atoms with Gasteiger partial charge in [-0.2, -0.15) is 0 Å². The summed E-state index contributed by atoms with van der Waals surface area (Å²) in [6.45, 7) is 0. The van der Waals surface area contributed by atoms with E-state index in [1.165, 1.54) is 18.3 Å². The molecule has 2 aromatic heterocycles. The second-order valence-corrected chi connectivity index (χ2v) is 4.21. The molecule has 0 aliphatic heterocycles. The minimum Gasteiger partial charge on any atom is -0.477 e. The van der Waals surface area contributed by atoms with Crippen molar-refractivity contribution in [2.24, 2.45) is 5.73 Å². The summed E-state index contributed by atoms with van der Waals surface area (Å²) < 4.78 is 5.40. The van der Waals surface area contributed by atoms with Gasteiger partial charge in [-0.05, 0) is 6.07 Å². The Morgan fingerprint density at radius 3 is 2.72 bits per heavy atom. The van der Waals surface area contributed by atoms with Crippen LogP contribution in [-0.2, 0) is 0 Å². The first-order chi connectivity index (χ1) is 8.56. The van der Waals surface area contributed by atoms with Gasteiger partial charge in [-0.25, -0.2) is 4.79 Å². The van der Waals surface area contributed by atoms with E-state index in [2.05, 4.69) is 4.98 Å². The number of pyridine rings is 1. The number of hydrogen-bond acceptors (Lipinski definition) is 5. The van der Waals surface area contributed by atoms with Gasteiger partial charge in [-0.1, -0.05) is 0 Å². The predicted molar refractivity (Wildman–Crippen MR) is 64.1 cm³/mol.